The number of carbonyl (C=O) groups is 1. The third-order valence-electron chi connectivity index (χ3n) is 6.95. The number of benzene rings is 2. The summed E-state index contributed by atoms with van der Waals surface area (Å²) in [5.41, 5.74) is 1.95. The van der Waals surface area contributed by atoms with Crippen LogP contribution in [0.4, 0.5) is 0 Å². The third-order valence-corrected chi connectivity index (χ3v) is 7.35. The molecule has 1 amide bonds. The molecular formula is C27H29ClN2O6. The largest absolute Gasteiger partial charge is 0.493 e. The summed E-state index contributed by atoms with van der Waals surface area (Å²) in [4.78, 5) is 31.5. The van der Waals surface area contributed by atoms with Gasteiger partial charge < -0.3 is 23.5 Å². The van der Waals surface area contributed by atoms with E-state index in [1.165, 1.54) is 0 Å². The molecule has 1 unspecified atom stereocenters. The van der Waals surface area contributed by atoms with E-state index in [1.54, 1.807) is 37.3 Å². The number of nitrogens with zero attached hydrogens (tertiary/aromatic N) is 2. The third kappa shape index (κ3) is 4.34. The van der Waals surface area contributed by atoms with Crippen molar-refractivity contribution in [2.75, 3.05) is 53.6 Å². The molecule has 2 aromatic carbocycles. The van der Waals surface area contributed by atoms with Crippen LogP contribution in [0.25, 0.3) is 11.0 Å². The van der Waals surface area contributed by atoms with Crippen molar-refractivity contribution in [3.63, 3.8) is 0 Å². The molecule has 1 atom stereocenters. The van der Waals surface area contributed by atoms with Crippen LogP contribution in [0.3, 0.4) is 0 Å². The predicted octanol–water partition coefficient (Wildman–Crippen LogP) is 4.04. The molecule has 190 valence electrons. The molecule has 0 bridgehead atoms. The number of ether oxygens (including phenoxy) is 3. The first-order chi connectivity index (χ1) is 17.4. The fourth-order valence-corrected chi connectivity index (χ4v) is 5.19. The average Bonchev–Trinajstić information content (AvgIpc) is 3.17. The molecule has 36 heavy (non-hydrogen) atoms. The maximum atomic E-state index is 13.8. The Kier molecular flexibility index (Phi) is 6.92. The van der Waals surface area contributed by atoms with Crippen molar-refractivity contribution in [2.45, 2.75) is 19.4 Å². The van der Waals surface area contributed by atoms with Crippen LogP contribution in [0, 0.1) is 6.92 Å². The van der Waals surface area contributed by atoms with Crippen molar-refractivity contribution in [1.29, 1.82) is 0 Å². The number of morpholine rings is 1. The van der Waals surface area contributed by atoms with Gasteiger partial charge in [-0.3, -0.25) is 14.5 Å². The van der Waals surface area contributed by atoms with Crippen molar-refractivity contribution in [3.05, 3.63) is 68.0 Å². The molecule has 0 radical (unpaired) electrons. The van der Waals surface area contributed by atoms with Gasteiger partial charge in [0.15, 0.2) is 16.9 Å². The summed E-state index contributed by atoms with van der Waals surface area (Å²) in [6.07, 6.45) is 0.752. The second kappa shape index (κ2) is 10.1. The van der Waals surface area contributed by atoms with E-state index < -0.39 is 6.04 Å². The van der Waals surface area contributed by atoms with Crippen molar-refractivity contribution in [2.24, 2.45) is 0 Å². The molecular weight excluding hydrogens is 484 g/mol. The number of rotatable bonds is 7. The Balaban J connectivity index is 1.58. The Bertz CT molecular complexity index is 1360. The highest BCUT2D eigenvalue weighted by molar-refractivity contribution is 6.32. The van der Waals surface area contributed by atoms with Crippen LogP contribution in [0.15, 0.2) is 39.5 Å². The quantitative estimate of drug-likeness (QED) is 0.472. The topological polar surface area (TPSA) is 81.5 Å². The zero-order valence-electron chi connectivity index (χ0n) is 20.6. The summed E-state index contributed by atoms with van der Waals surface area (Å²) in [5, 5.41) is 0.835. The summed E-state index contributed by atoms with van der Waals surface area (Å²) in [6, 6.07) is 8.17. The monoisotopic (exact) mass is 512 g/mol. The van der Waals surface area contributed by atoms with E-state index >= 15 is 0 Å². The predicted molar refractivity (Wildman–Crippen MR) is 137 cm³/mol. The van der Waals surface area contributed by atoms with Gasteiger partial charge >= 0.3 is 0 Å². The molecule has 1 saturated heterocycles. The molecule has 2 aliphatic rings. The van der Waals surface area contributed by atoms with Gasteiger partial charge in [-0.05, 0) is 48.7 Å². The highest BCUT2D eigenvalue weighted by atomic mass is 35.5. The highest BCUT2D eigenvalue weighted by Crippen LogP contribution is 2.41. The molecule has 2 aliphatic heterocycles. The second-order valence-corrected chi connectivity index (χ2v) is 9.50. The summed E-state index contributed by atoms with van der Waals surface area (Å²) in [5.74, 6) is 0.879. The molecule has 0 aliphatic carbocycles. The standard InChI is InChI=1S/C27H29ClN2O6/c1-16-13-21-18(15-19(16)28)25(31)23-24(17-5-6-20(33-2)22(14-17)34-3)30(27(32)26(23)36-21)8-4-7-29-9-11-35-12-10-29/h5-6,13-15,24H,4,7-12H2,1-3H3. The summed E-state index contributed by atoms with van der Waals surface area (Å²) in [6.45, 7) is 6.32. The number of hydrogen-bond acceptors (Lipinski definition) is 7. The lowest BCUT2D eigenvalue weighted by Gasteiger charge is -2.29. The maximum Gasteiger partial charge on any atom is 0.290 e. The minimum Gasteiger partial charge on any atom is -0.493 e. The number of aryl methyl sites for hydroxylation is 1. The van der Waals surface area contributed by atoms with Crippen LogP contribution in [-0.4, -0.2) is 69.3 Å². The Morgan fingerprint density at radius 2 is 1.78 bits per heavy atom. The molecule has 3 heterocycles. The summed E-state index contributed by atoms with van der Waals surface area (Å²) in [7, 11) is 3.12. The van der Waals surface area contributed by atoms with E-state index in [1.807, 2.05) is 19.1 Å². The van der Waals surface area contributed by atoms with Gasteiger partial charge in [-0.1, -0.05) is 17.7 Å². The van der Waals surface area contributed by atoms with Crippen LogP contribution in [0.1, 0.15) is 39.7 Å². The molecule has 0 saturated carbocycles. The fraction of sp³-hybridized carbons (Fsp3) is 0.407. The average molecular weight is 513 g/mol. The molecule has 0 spiro atoms. The molecule has 0 N–H and O–H groups in total. The number of hydrogen-bond donors (Lipinski definition) is 0. The number of halogens is 1. The second-order valence-electron chi connectivity index (χ2n) is 9.09. The van der Waals surface area contributed by atoms with E-state index in [9.17, 15) is 9.59 Å². The maximum absolute atomic E-state index is 13.8. The fourth-order valence-electron chi connectivity index (χ4n) is 5.03. The lowest BCUT2D eigenvalue weighted by molar-refractivity contribution is 0.0353. The van der Waals surface area contributed by atoms with Gasteiger partial charge in [0.25, 0.3) is 5.91 Å². The molecule has 9 heteroatoms. The Morgan fingerprint density at radius 1 is 1.03 bits per heavy atom. The summed E-state index contributed by atoms with van der Waals surface area (Å²) >= 11 is 6.33. The zero-order valence-corrected chi connectivity index (χ0v) is 21.4. The SMILES string of the molecule is COc1ccc(C2c3c(oc4cc(C)c(Cl)cc4c3=O)C(=O)N2CCCN2CCOCC2)cc1OC. The smallest absolute Gasteiger partial charge is 0.290 e. The van der Waals surface area contributed by atoms with Crippen LogP contribution in [0.2, 0.25) is 5.02 Å². The molecule has 8 nitrogen and oxygen atoms in total. The molecule has 1 aromatic heterocycles. The Labute approximate surface area is 214 Å². The lowest BCUT2D eigenvalue weighted by Crippen LogP contribution is -2.38. The van der Waals surface area contributed by atoms with E-state index in [2.05, 4.69) is 4.90 Å². The first kappa shape index (κ1) is 24.6. The van der Waals surface area contributed by atoms with Gasteiger partial charge in [-0.25, -0.2) is 0 Å². The van der Waals surface area contributed by atoms with Gasteiger partial charge in [-0.2, -0.15) is 0 Å². The first-order valence-corrected chi connectivity index (χ1v) is 12.4. The number of fused-ring (bicyclic) bond motifs is 2. The number of carbonyl (C=O) groups excluding carboxylic acids is 1. The van der Waals surface area contributed by atoms with E-state index in [0.717, 1.165) is 50.4 Å². The van der Waals surface area contributed by atoms with Gasteiger partial charge in [0.2, 0.25) is 5.76 Å². The van der Waals surface area contributed by atoms with Crippen LogP contribution >= 0.6 is 11.6 Å². The zero-order chi connectivity index (χ0) is 25.4. The highest BCUT2D eigenvalue weighted by Gasteiger charge is 2.42. The molecule has 3 aromatic rings. The number of amides is 1. The van der Waals surface area contributed by atoms with Crippen molar-refractivity contribution in [3.8, 4) is 11.5 Å². The van der Waals surface area contributed by atoms with Gasteiger partial charge in [-0.15, -0.1) is 0 Å². The number of methoxy groups -OCH3 is 2. The van der Waals surface area contributed by atoms with E-state index in [-0.39, 0.29) is 17.1 Å². The van der Waals surface area contributed by atoms with Crippen molar-refractivity contribution in [1.82, 2.24) is 9.80 Å². The Morgan fingerprint density at radius 3 is 2.50 bits per heavy atom. The normalized spacial score (nSPS) is 18.1. The van der Waals surface area contributed by atoms with Gasteiger partial charge in [0, 0.05) is 31.2 Å². The van der Waals surface area contributed by atoms with E-state index in [0.29, 0.717) is 39.6 Å². The van der Waals surface area contributed by atoms with Crippen LogP contribution < -0.4 is 14.9 Å². The molecule has 5 rings (SSSR count). The van der Waals surface area contributed by atoms with Crippen LogP contribution in [0.5, 0.6) is 11.5 Å². The van der Waals surface area contributed by atoms with Crippen molar-refractivity contribution < 1.29 is 23.4 Å². The minimum atomic E-state index is -0.613. The first-order valence-electron chi connectivity index (χ1n) is 12.0. The van der Waals surface area contributed by atoms with Crippen LogP contribution in [-0.2, 0) is 4.74 Å². The van der Waals surface area contributed by atoms with Gasteiger partial charge in [0.1, 0.15) is 5.58 Å². The van der Waals surface area contributed by atoms with E-state index in [4.69, 9.17) is 30.2 Å². The van der Waals surface area contributed by atoms with Crippen molar-refractivity contribution >= 4 is 28.5 Å². The Hall–Kier alpha value is -3.07. The minimum absolute atomic E-state index is 0.0837. The lowest BCUT2D eigenvalue weighted by atomic mass is 9.97. The molecule has 1 fully saturated rings. The summed E-state index contributed by atoms with van der Waals surface area (Å²) < 4.78 is 22.4. The van der Waals surface area contributed by atoms with Gasteiger partial charge in [0.05, 0.1) is 44.4 Å².